The van der Waals surface area contributed by atoms with Crippen LogP contribution in [-0.2, 0) is 0 Å². The fraction of sp³-hybridized carbons (Fsp3) is 0. The van der Waals surface area contributed by atoms with E-state index in [0.717, 1.165) is 15.6 Å². The number of hydrogen-bond donors (Lipinski definition) is 1. The number of phenolic OH excluding ortho intramolecular Hbond substituents is 1. The monoisotopic (exact) mass is 282 g/mol. The lowest BCUT2D eigenvalue weighted by atomic mass is 10.1. The molecule has 2 rings (SSSR count). The van der Waals surface area contributed by atoms with Crippen LogP contribution in [0.3, 0.4) is 0 Å². The second-order valence-electron chi connectivity index (χ2n) is 3.17. The molecule has 2 aromatic rings. The maximum Gasteiger partial charge on any atom is 0.134 e. The third-order valence-corrected chi connectivity index (χ3v) is 2.96. The fourth-order valence-corrected chi connectivity index (χ4v) is 1.77. The normalized spacial score (nSPS) is 10.3. The lowest BCUT2D eigenvalue weighted by molar-refractivity contribution is 0.475. The standard InChI is InChI=1S/C12H8BrClO/c13-10-4-1-8(2-5-10)9-3-6-12(15)11(14)7-9/h1-7,15H. The lowest BCUT2D eigenvalue weighted by Crippen LogP contribution is -1.77. The number of phenols is 1. The highest BCUT2D eigenvalue weighted by Gasteiger charge is 2.01. The van der Waals surface area contributed by atoms with Crippen LogP contribution in [0.2, 0.25) is 5.02 Å². The molecule has 0 bridgehead atoms. The van der Waals surface area contributed by atoms with Crippen LogP contribution in [0.4, 0.5) is 0 Å². The Morgan fingerprint density at radius 3 is 2.13 bits per heavy atom. The Morgan fingerprint density at radius 2 is 1.53 bits per heavy atom. The van der Waals surface area contributed by atoms with Crippen LogP contribution in [0, 0.1) is 0 Å². The zero-order valence-corrected chi connectivity index (χ0v) is 10.1. The van der Waals surface area contributed by atoms with E-state index in [1.165, 1.54) is 0 Å². The topological polar surface area (TPSA) is 20.2 Å². The fourth-order valence-electron chi connectivity index (χ4n) is 1.33. The van der Waals surface area contributed by atoms with Crippen molar-refractivity contribution in [1.82, 2.24) is 0 Å². The zero-order valence-electron chi connectivity index (χ0n) is 7.74. The summed E-state index contributed by atoms with van der Waals surface area (Å²) in [5.41, 5.74) is 2.06. The summed E-state index contributed by atoms with van der Waals surface area (Å²) in [4.78, 5) is 0. The minimum absolute atomic E-state index is 0.109. The molecule has 0 heterocycles. The molecule has 0 unspecified atom stereocenters. The molecule has 0 aromatic heterocycles. The van der Waals surface area contributed by atoms with Gasteiger partial charge in [0.1, 0.15) is 5.75 Å². The molecule has 0 saturated heterocycles. The summed E-state index contributed by atoms with van der Waals surface area (Å²) in [6, 6.07) is 13.1. The Balaban J connectivity index is 2.45. The van der Waals surface area contributed by atoms with Crippen molar-refractivity contribution in [3.8, 4) is 16.9 Å². The van der Waals surface area contributed by atoms with Gasteiger partial charge in [-0.05, 0) is 35.4 Å². The van der Waals surface area contributed by atoms with Crippen molar-refractivity contribution in [1.29, 1.82) is 0 Å². The first-order chi connectivity index (χ1) is 7.16. The van der Waals surface area contributed by atoms with Gasteiger partial charge in [0.15, 0.2) is 0 Å². The van der Waals surface area contributed by atoms with Crippen LogP contribution in [-0.4, -0.2) is 5.11 Å². The molecule has 0 saturated carbocycles. The van der Waals surface area contributed by atoms with Crippen LogP contribution >= 0.6 is 27.5 Å². The third-order valence-electron chi connectivity index (χ3n) is 2.13. The van der Waals surface area contributed by atoms with Gasteiger partial charge in [-0.2, -0.15) is 0 Å². The Kier molecular flexibility index (Phi) is 2.98. The second-order valence-corrected chi connectivity index (χ2v) is 4.50. The molecule has 0 spiro atoms. The molecule has 15 heavy (non-hydrogen) atoms. The van der Waals surface area contributed by atoms with Crippen molar-refractivity contribution < 1.29 is 5.11 Å². The first-order valence-corrected chi connectivity index (χ1v) is 5.58. The molecular weight excluding hydrogens is 275 g/mol. The quantitative estimate of drug-likeness (QED) is 0.818. The summed E-state index contributed by atoms with van der Waals surface area (Å²) < 4.78 is 1.04. The van der Waals surface area contributed by atoms with Gasteiger partial charge in [0.25, 0.3) is 0 Å². The van der Waals surface area contributed by atoms with Crippen molar-refractivity contribution in [3.05, 3.63) is 52.0 Å². The van der Waals surface area contributed by atoms with Gasteiger partial charge in [0.2, 0.25) is 0 Å². The van der Waals surface area contributed by atoms with Crippen molar-refractivity contribution >= 4 is 27.5 Å². The zero-order chi connectivity index (χ0) is 10.8. The molecule has 0 radical (unpaired) electrons. The van der Waals surface area contributed by atoms with Crippen molar-refractivity contribution in [3.63, 3.8) is 0 Å². The van der Waals surface area contributed by atoms with Gasteiger partial charge in [-0.25, -0.2) is 0 Å². The molecule has 0 fully saturated rings. The first-order valence-electron chi connectivity index (χ1n) is 4.41. The predicted molar refractivity (Wildman–Crippen MR) is 66.3 cm³/mol. The van der Waals surface area contributed by atoms with Gasteiger partial charge in [-0.1, -0.05) is 45.7 Å². The van der Waals surface area contributed by atoms with E-state index in [1.807, 2.05) is 30.3 Å². The minimum atomic E-state index is 0.109. The summed E-state index contributed by atoms with van der Waals surface area (Å²) in [5.74, 6) is 0.109. The van der Waals surface area contributed by atoms with Gasteiger partial charge < -0.3 is 5.11 Å². The molecule has 0 atom stereocenters. The Hall–Kier alpha value is -0.990. The largest absolute Gasteiger partial charge is 0.506 e. The summed E-state index contributed by atoms with van der Waals surface area (Å²) in [6.07, 6.45) is 0. The van der Waals surface area contributed by atoms with Crippen LogP contribution < -0.4 is 0 Å². The van der Waals surface area contributed by atoms with Gasteiger partial charge >= 0.3 is 0 Å². The Morgan fingerprint density at radius 1 is 0.933 bits per heavy atom. The molecule has 0 aliphatic rings. The van der Waals surface area contributed by atoms with E-state index < -0.39 is 0 Å². The molecule has 76 valence electrons. The molecule has 2 aromatic carbocycles. The van der Waals surface area contributed by atoms with Gasteiger partial charge in [0.05, 0.1) is 5.02 Å². The van der Waals surface area contributed by atoms with Crippen molar-refractivity contribution in [2.75, 3.05) is 0 Å². The highest BCUT2D eigenvalue weighted by Crippen LogP contribution is 2.29. The summed E-state index contributed by atoms with van der Waals surface area (Å²) in [6.45, 7) is 0. The number of rotatable bonds is 1. The predicted octanol–water partition coefficient (Wildman–Crippen LogP) is 4.48. The smallest absolute Gasteiger partial charge is 0.134 e. The SMILES string of the molecule is Oc1ccc(-c2ccc(Br)cc2)cc1Cl. The van der Waals surface area contributed by atoms with Crippen molar-refractivity contribution in [2.45, 2.75) is 0 Å². The molecule has 0 aliphatic heterocycles. The maximum absolute atomic E-state index is 9.30. The van der Waals surface area contributed by atoms with E-state index in [2.05, 4.69) is 15.9 Å². The van der Waals surface area contributed by atoms with E-state index in [4.69, 9.17) is 11.6 Å². The Bertz CT molecular complexity index is 479. The average Bonchev–Trinajstić information content (AvgIpc) is 2.23. The van der Waals surface area contributed by atoms with Gasteiger partial charge in [0, 0.05) is 4.47 Å². The molecule has 1 nitrogen and oxygen atoms in total. The number of hydrogen-bond acceptors (Lipinski definition) is 1. The van der Waals surface area contributed by atoms with Crippen molar-refractivity contribution in [2.24, 2.45) is 0 Å². The molecular formula is C12H8BrClO. The van der Waals surface area contributed by atoms with Crippen LogP contribution in [0.5, 0.6) is 5.75 Å². The summed E-state index contributed by atoms with van der Waals surface area (Å²) in [5, 5.41) is 9.67. The van der Waals surface area contributed by atoms with E-state index in [0.29, 0.717) is 5.02 Å². The maximum atomic E-state index is 9.30. The molecule has 0 amide bonds. The molecule has 3 heteroatoms. The molecule has 0 aliphatic carbocycles. The van der Waals surface area contributed by atoms with E-state index in [9.17, 15) is 5.11 Å². The van der Waals surface area contributed by atoms with Gasteiger partial charge in [-0.3, -0.25) is 0 Å². The Labute approximate surface area is 101 Å². The highest BCUT2D eigenvalue weighted by atomic mass is 79.9. The number of benzene rings is 2. The van der Waals surface area contributed by atoms with E-state index in [1.54, 1.807) is 12.1 Å². The van der Waals surface area contributed by atoms with Gasteiger partial charge in [-0.15, -0.1) is 0 Å². The summed E-state index contributed by atoms with van der Waals surface area (Å²) in [7, 11) is 0. The third kappa shape index (κ3) is 2.33. The lowest BCUT2D eigenvalue weighted by Gasteiger charge is -2.03. The van der Waals surface area contributed by atoms with E-state index >= 15 is 0 Å². The average molecular weight is 284 g/mol. The van der Waals surface area contributed by atoms with Crippen LogP contribution in [0.15, 0.2) is 46.9 Å². The summed E-state index contributed by atoms with van der Waals surface area (Å²) >= 11 is 9.21. The number of aromatic hydroxyl groups is 1. The second kappa shape index (κ2) is 4.25. The minimum Gasteiger partial charge on any atom is -0.506 e. The highest BCUT2D eigenvalue weighted by molar-refractivity contribution is 9.10. The van der Waals surface area contributed by atoms with Crippen LogP contribution in [0.25, 0.3) is 11.1 Å². The molecule has 1 N–H and O–H groups in total. The van der Waals surface area contributed by atoms with E-state index in [-0.39, 0.29) is 5.75 Å². The van der Waals surface area contributed by atoms with Crippen LogP contribution in [0.1, 0.15) is 0 Å². The number of halogens is 2. The first kappa shape index (κ1) is 10.5.